The molecule has 114 valence electrons. The molecule has 5 nitrogen and oxygen atoms in total. The van der Waals surface area contributed by atoms with Crippen LogP contribution in [0.4, 0.5) is 24.9 Å². The Labute approximate surface area is 116 Å². The second-order valence-corrected chi connectivity index (χ2v) is 4.41. The van der Waals surface area contributed by atoms with Gasteiger partial charge in [-0.1, -0.05) is 6.92 Å². The highest BCUT2D eigenvalue weighted by Crippen LogP contribution is 2.30. The predicted octanol–water partition coefficient (Wildman–Crippen LogP) is 2.33. The van der Waals surface area contributed by atoms with Crippen molar-refractivity contribution in [3.63, 3.8) is 0 Å². The first-order valence-electron chi connectivity index (χ1n) is 6.27. The Morgan fingerprint density at radius 1 is 1.40 bits per heavy atom. The summed E-state index contributed by atoms with van der Waals surface area (Å²) in [6, 6.07) is 0.929. The van der Waals surface area contributed by atoms with Crippen molar-refractivity contribution < 1.29 is 17.9 Å². The maximum Gasteiger partial charge on any atom is 0.433 e. The molecule has 2 N–H and O–H groups in total. The third-order valence-corrected chi connectivity index (χ3v) is 2.97. The van der Waals surface area contributed by atoms with Gasteiger partial charge in [-0.2, -0.15) is 18.2 Å². The molecule has 0 aliphatic rings. The Bertz CT molecular complexity index is 439. The standard InChI is InChI=1S/C12H19F3N4O/c1-4-8(2)19(5-6-20-3)10-7-9(12(13,14)15)17-11(16)18-10/h7-8H,4-6H2,1-3H3,(H2,16,17,18). The van der Waals surface area contributed by atoms with Gasteiger partial charge in [0.25, 0.3) is 0 Å². The highest BCUT2D eigenvalue weighted by Gasteiger charge is 2.34. The van der Waals surface area contributed by atoms with Crippen LogP contribution in [0.15, 0.2) is 6.07 Å². The van der Waals surface area contributed by atoms with Crippen LogP contribution in [0.5, 0.6) is 0 Å². The SMILES string of the molecule is CCC(C)N(CCOC)c1cc(C(F)(F)F)nc(N)n1. The maximum absolute atomic E-state index is 12.8. The molecule has 0 aliphatic heterocycles. The van der Waals surface area contributed by atoms with Gasteiger partial charge in [0.05, 0.1) is 6.61 Å². The fraction of sp³-hybridized carbons (Fsp3) is 0.667. The minimum absolute atomic E-state index is 0.0144. The Hall–Kier alpha value is -1.57. The molecule has 0 fully saturated rings. The normalized spacial score (nSPS) is 13.3. The monoisotopic (exact) mass is 292 g/mol. The molecule has 0 amide bonds. The second-order valence-electron chi connectivity index (χ2n) is 4.41. The molecule has 8 heteroatoms. The molecule has 0 spiro atoms. The molecule has 0 saturated carbocycles. The fourth-order valence-corrected chi connectivity index (χ4v) is 1.72. The number of nitrogens with two attached hydrogens (primary N) is 1. The average molecular weight is 292 g/mol. The lowest BCUT2D eigenvalue weighted by Crippen LogP contribution is -2.36. The van der Waals surface area contributed by atoms with Crippen molar-refractivity contribution in [2.24, 2.45) is 0 Å². The number of nitrogens with zero attached hydrogens (tertiary/aromatic N) is 3. The molecule has 20 heavy (non-hydrogen) atoms. The van der Waals surface area contributed by atoms with Gasteiger partial charge in [0, 0.05) is 25.8 Å². The Balaban J connectivity index is 3.15. The van der Waals surface area contributed by atoms with Gasteiger partial charge in [0.1, 0.15) is 5.82 Å². The lowest BCUT2D eigenvalue weighted by atomic mass is 10.2. The van der Waals surface area contributed by atoms with Crippen LogP contribution in [-0.4, -0.2) is 36.3 Å². The van der Waals surface area contributed by atoms with Gasteiger partial charge in [-0.05, 0) is 13.3 Å². The third-order valence-electron chi connectivity index (χ3n) is 2.97. The molecule has 1 unspecified atom stereocenters. The molecular formula is C12H19F3N4O. The predicted molar refractivity (Wildman–Crippen MR) is 70.4 cm³/mol. The molecule has 1 aromatic heterocycles. The van der Waals surface area contributed by atoms with Gasteiger partial charge in [0.2, 0.25) is 5.95 Å². The van der Waals surface area contributed by atoms with Crippen molar-refractivity contribution in [2.75, 3.05) is 30.9 Å². The fourth-order valence-electron chi connectivity index (χ4n) is 1.72. The van der Waals surface area contributed by atoms with E-state index < -0.39 is 11.9 Å². The summed E-state index contributed by atoms with van der Waals surface area (Å²) < 4.78 is 43.2. The number of anilines is 2. The van der Waals surface area contributed by atoms with Crippen molar-refractivity contribution in [3.8, 4) is 0 Å². The molecule has 0 saturated heterocycles. The van der Waals surface area contributed by atoms with E-state index in [1.807, 2.05) is 13.8 Å². The van der Waals surface area contributed by atoms with Crippen LogP contribution in [0.1, 0.15) is 26.0 Å². The van der Waals surface area contributed by atoms with Gasteiger partial charge in [0.15, 0.2) is 5.69 Å². The van der Waals surface area contributed by atoms with Crippen LogP contribution in [0.2, 0.25) is 0 Å². The number of alkyl halides is 3. The van der Waals surface area contributed by atoms with E-state index in [-0.39, 0.29) is 17.8 Å². The molecule has 0 aromatic carbocycles. The summed E-state index contributed by atoms with van der Waals surface area (Å²) in [5, 5.41) is 0. The first-order valence-corrected chi connectivity index (χ1v) is 6.27. The highest BCUT2D eigenvalue weighted by atomic mass is 19.4. The first-order chi connectivity index (χ1) is 9.29. The third kappa shape index (κ3) is 4.22. The summed E-state index contributed by atoms with van der Waals surface area (Å²) in [7, 11) is 1.53. The van der Waals surface area contributed by atoms with Crippen molar-refractivity contribution in [1.82, 2.24) is 9.97 Å². The van der Waals surface area contributed by atoms with Crippen LogP contribution in [0, 0.1) is 0 Å². The van der Waals surface area contributed by atoms with Gasteiger partial charge >= 0.3 is 6.18 Å². The first kappa shape index (κ1) is 16.5. The number of nitrogen functional groups attached to an aromatic ring is 1. The maximum atomic E-state index is 12.8. The van der Waals surface area contributed by atoms with Crippen molar-refractivity contribution in [2.45, 2.75) is 32.5 Å². The van der Waals surface area contributed by atoms with E-state index in [9.17, 15) is 13.2 Å². The number of methoxy groups -OCH3 is 1. The number of halogens is 3. The van der Waals surface area contributed by atoms with Crippen LogP contribution in [-0.2, 0) is 10.9 Å². The lowest BCUT2D eigenvalue weighted by molar-refractivity contribution is -0.141. The van der Waals surface area contributed by atoms with E-state index in [2.05, 4.69) is 9.97 Å². The quantitative estimate of drug-likeness (QED) is 0.871. The number of aromatic nitrogens is 2. The van der Waals surface area contributed by atoms with E-state index in [0.717, 1.165) is 12.5 Å². The number of rotatable bonds is 6. The average Bonchev–Trinajstić information content (AvgIpc) is 2.37. The van der Waals surface area contributed by atoms with Crippen molar-refractivity contribution in [1.29, 1.82) is 0 Å². The molecule has 0 radical (unpaired) electrons. The van der Waals surface area contributed by atoms with Gasteiger partial charge in [-0.15, -0.1) is 0 Å². The molecular weight excluding hydrogens is 273 g/mol. The zero-order valence-electron chi connectivity index (χ0n) is 11.7. The Morgan fingerprint density at radius 3 is 2.55 bits per heavy atom. The molecule has 1 heterocycles. The lowest BCUT2D eigenvalue weighted by Gasteiger charge is -2.29. The summed E-state index contributed by atoms with van der Waals surface area (Å²) in [4.78, 5) is 8.88. The molecule has 1 aromatic rings. The Kier molecular flexibility index (Phi) is 5.55. The van der Waals surface area contributed by atoms with E-state index in [0.29, 0.717) is 13.2 Å². The van der Waals surface area contributed by atoms with Crippen LogP contribution in [0.25, 0.3) is 0 Å². The summed E-state index contributed by atoms with van der Waals surface area (Å²) in [6.07, 6.45) is -3.79. The van der Waals surface area contributed by atoms with Crippen LogP contribution in [0.3, 0.4) is 0 Å². The molecule has 0 bridgehead atoms. The van der Waals surface area contributed by atoms with Crippen molar-refractivity contribution >= 4 is 11.8 Å². The number of ether oxygens (including phenoxy) is 1. The molecule has 1 rings (SSSR count). The summed E-state index contributed by atoms with van der Waals surface area (Å²) >= 11 is 0. The Morgan fingerprint density at radius 2 is 2.05 bits per heavy atom. The number of hydrogen-bond acceptors (Lipinski definition) is 5. The molecule has 1 atom stereocenters. The van der Waals surface area contributed by atoms with Gasteiger partial charge in [-0.25, -0.2) is 4.98 Å². The minimum Gasteiger partial charge on any atom is -0.383 e. The zero-order valence-corrected chi connectivity index (χ0v) is 11.7. The largest absolute Gasteiger partial charge is 0.433 e. The smallest absolute Gasteiger partial charge is 0.383 e. The minimum atomic E-state index is -4.55. The summed E-state index contributed by atoms with van der Waals surface area (Å²) in [6.45, 7) is 4.66. The topological polar surface area (TPSA) is 64.3 Å². The summed E-state index contributed by atoms with van der Waals surface area (Å²) in [5.74, 6) is -0.225. The van der Waals surface area contributed by atoms with Crippen LogP contribution < -0.4 is 10.6 Å². The van der Waals surface area contributed by atoms with Crippen molar-refractivity contribution in [3.05, 3.63) is 11.8 Å². The van der Waals surface area contributed by atoms with E-state index in [1.165, 1.54) is 7.11 Å². The number of hydrogen-bond donors (Lipinski definition) is 1. The van der Waals surface area contributed by atoms with E-state index in [4.69, 9.17) is 10.5 Å². The summed E-state index contributed by atoms with van der Waals surface area (Å²) in [5.41, 5.74) is 4.35. The van der Waals surface area contributed by atoms with E-state index in [1.54, 1.807) is 4.90 Å². The zero-order chi connectivity index (χ0) is 15.3. The van der Waals surface area contributed by atoms with Gasteiger partial charge in [-0.3, -0.25) is 0 Å². The second kappa shape index (κ2) is 6.74. The molecule has 0 aliphatic carbocycles. The van der Waals surface area contributed by atoms with Crippen LogP contribution >= 0.6 is 0 Å². The highest BCUT2D eigenvalue weighted by molar-refractivity contribution is 5.45. The van der Waals surface area contributed by atoms with Gasteiger partial charge < -0.3 is 15.4 Å². The van der Waals surface area contributed by atoms with E-state index >= 15 is 0 Å².